The Morgan fingerprint density at radius 1 is 1.25 bits per heavy atom. The zero-order valence-electron chi connectivity index (χ0n) is 12.1. The Labute approximate surface area is 129 Å². The summed E-state index contributed by atoms with van der Waals surface area (Å²) in [6, 6.07) is 8.37. The van der Waals surface area contributed by atoms with Crippen molar-refractivity contribution in [2.75, 3.05) is 39.8 Å². The maximum Gasteiger partial charge on any atom is 0.236 e. The molecule has 0 aliphatic carbocycles. The number of piperazine rings is 1. The van der Waals surface area contributed by atoms with Gasteiger partial charge in [0, 0.05) is 36.7 Å². The lowest BCUT2D eigenvalue weighted by atomic mass is 10.1. The van der Waals surface area contributed by atoms with Crippen LogP contribution in [0, 0.1) is 0 Å². The Balaban J connectivity index is 1.79. The fourth-order valence-corrected chi connectivity index (χ4v) is 2.54. The van der Waals surface area contributed by atoms with E-state index in [0.717, 1.165) is 30.7 Å². The quantitative estimate of drug-likeness (QED) is 0.909. The van der Waals surface area contributed by atoms with Crippen molar-refractivity contribution in [3.8, 4) is 0 Å². The largest absolute Gasteiger partial charge is 0.339 e. The first-order valence-electron chi connectivity index (χ1n) is 7.01. The molecule has 1 amide bonds. The monoisotopic (exact) mass is 339 g/mol. The van der Waals surface area contributed by atoms with Crippen LogP contribution in [-0.2, 0) is 4.79 Å². The van der Waals surface area contributed by atoms with Gasteiger partial charge in [0.15, 0.2) is 0 Å². The number of benzene rings is 1. The summed E-state index contributed by atoms with van der Waals surface area (Å²) >= 11 is 3.43. The number of likely N-dealkylation sites (N-methyl/N-ethyl adjacent to an activating group) is 1. The fraction of sp³-hybridized carbons (Fsp3) is 0.533. The number of nitrogens with one attached hydrogen (secondary N) is 1. The van der Waals surface area contributed by atoms with E-state index in [9.17, 15) is 4.79 Å². The normalized spacial score (nSPS) is 18.1. The molecule has 1 atom stereocenters. The summed E-state index contributed by atoms with van der Waals surface area (Å²) < 4.78 is 1.07. The predicted molar refractivity (Wildman–Crippen MR) is 84.6 cm³/mol. The van der Waals surface area contributed by atoms with Crippen molar-refractivity contribution < 1.29 is 4.79 Å². The molecule has 1 fully saturated rings. The number of amides is 1. The zero-order chi connectivity index (χ0) is 14.5. The highest BCUT2D eigenvalue weighted by atomic mass is 79.9. The van der Waals surface area contributed by atoms with Crippen molar-refractivity contribution in [3.05, 3.63) is 34.3 Å². The van der Waals surface area contributed by atoms with Gasteiger partial charge in [-0.3, -0.25) is 4.79 Å². The molecular weight excluding hydrogens is 318 g/mol. The molecule has 0 radical (unpaired) electrons. The van der Waals surface area contributed by atoms with Crippen molar-refractivity contribution in [1.29, 1.82) is 0 Å². The van der Waals surface area contributed by atoms with Crippen LogP contribution in [0.5, 0.6) is 0 Å². The van der Waals surface area contributed by atoms with Crippen molar-refractivity contribution in [3.63, 3.8) is 0 Å². The Hall–Kier alpha value is -0.910. The van der Waals surface area contributed by atoms with E-state index in [-0.39, 0.29) is 11.9 Å². The molecule has 1 aliphatic rings. The SMILES string of the molecule is C[C@@H](NCC(=O)N1CCN(C)CC1)c1ccc(Br)cc1. The van der Waals surface area contributed by atoms with Crippen LogP contribution >= 0.6 is 15.9 Å². The average molecular weight is 340 g/mol. The first-order valence-corrected chi connectivity index (χ1v) is 7.81. The Morgan fingerprint density at radius 2 is 1.85 bits per heavy atom. The van der Waals surface area contributed by atoms with Gasteiger partial charge in [-0.2, -0.15) is 0 Å². The summed E-state index contributed by atoms with van der Waals surface area (Å²) in [5, 5.41) is 3.31. The van der Waals surface area contributed by atoms with Gasteiger partial charge in [0.2, 0.25) is 5.91 Å². The van der Waals surface area contributed by atoms with Gasteiger partial charge >= 0.3 is 0 Å². The highest BCUT2D eigenvalue weighted by Crippen LogP contribution is 2.16. The standard InChI is InChI=1S/C15H22BrN3O/c1-12(13-3-5-14(16)6-4-13)17-11-15(20)19-9-7-18(2)8-10-19/h3-6,12,17H,7-11H2,1-2H3/t12-/m1/s1. The van der Waals surface area contributed by atoms with E-state index in [1.807, 2.05) is 17.0 Å². The lowest BCUT2D eigenvalue weighted by Gasteiger charge is -2.32. The molecule has 0 saturated carbocycles. The highest BCUT2D eigenvalue weighted by Gasteiger charge is 2.19. The average Bonchev–Trinajstić information content (AvgIpc) is 2.46. The molecule has 1 heterocycles. The zero-order valence-corrected chi connectivity index (χ0v) is 13.7. The number of carbonyl (C=O) groups excluding carboxylic acids is 1. The van der Waals surface area contributed by atoms with Crippen LogP contribution < -0.4 is 5.32 Å². The molecule has 0 aromatic heterocycles. The molecule has 4 nitrogen and oxygen atoms in total. The van der Waals surface area contributed by atoms with E-state index in [0.29, 0.717) is 6.54 Å². The lowest BCUT2D eigenvalue weighted by molar-refractivity contribution is -0.131. The summed E-state index contributed by atoms with van der Waals surface area (Å²) in [6.45, 7) is 6.09. The Bertz CT molecular complexity index is 441. The van der Waals surface area contributed by atoms with Crippen molar-refractivity contribution >= 4 is 21.8 Å². The summed E-state index contributed by atoms with van der Waals surface area (Å²) in [6.07, 6.45) is 0. The summed E-state index contributed by atoms with van der Waals surface area (Å²) in [7, 11) is 2.09. The molecule has 110 valence electrons. The van der Waals surface area contributed by atoms with Crippen LogP contribution in [0.1, 0.15) is 18.5 Å². The molecule has 5 heteroatoms. The molecule has 1 aromatic carbocycles. The van der Waals surface area contributed by atoms with Gasteiger partial charge in [0.25, 0.3) is 0 Å². The molecule has 2 rings (SSSR count). The van der Waals surface area contributed by atoms with Crippen molar-refractivity contribution in [2.24, 2.45) is 0 Å². The van der Waals surface area contributed by atoms with Gasteiger partial charge in [0.1, 0.15) is 0 Å². The third kappa shape index (κ3) is 4.30. The fourth-order valence-electron chi connectivity index (χ4n) is 2.28. The first kappa shape index (κ1) is 15.5. The van der Waals surface area contributed by atoms with Crippen LogP contribution in [0.3, 0.4) is 0 Å². The summed E-state index contributed by atoms with van der Waals surface area (Å²) in [5.74, 6) is 0.196. The van der Waals surface area contributed by atoms with Crippen molar-refractivity contribution in [2.45, 2.75) is 13.0 Å². The molecule has 1 saturated heterocycles. The summed E-state index contributed by atoms with van der Waals surface area (Å²) in [5.41, 5.74) is 1.19. The molecule has 20 heavy (non-hydrogen) atoms. The van der Waals surface area contributed by atoms with Crippen LogP contribution in [0.4, 0.5) is 0 Å². The molecule has 1 aliphatic heterocycles. The Morgan fingerprint density at radius 3 is 2.45 bits per heavy atom. The van der Waals surface area contributed by atoms with E-state index in [1.54, 1.807) is 0 Å². The Kier molecular flexibility index (Phi) is 5.57. The van der Waals surface area contributed by atoms with Crippen LogP contribution in [-0.4, -0.2) is 55.5 Å². The summed E-state index contributed by atoms with van der Waals surface area (Å²) in [4.78, 5) is 16.3. The number of rotatable bonds is 4. The van der Waals surface area contributed by atoms with Gasteiger partial charge in [-0.05, 0) is 31.7 Å². The van der Waals surface area contributed by atoms with E-state index in [1.165, 1.54) is 5.56 Å². The van der Waals surface area contributed by atoms with E-state index in [4.69, 9.17) is 0 Å². The molecule has 0 spiro atoms. The highest BCUT2D eigenvalue weighted by molar-refractivity contribution is 9.10. The van der Waals surface area contributed by atoms with Gasteiger partial charge in [-0.15, -0.1) is 0 Å². The molecule has 0 bridgehead atoms. The third-order valence-electron chi connectivity index (χ3n) is 3.79. The van der Waals surface area contributed by atoms with Gasteiger partial charge < -0.3 is 15.1 Å². The minimum atomic E-state index is 0.180. The number of hydrogen-bond donors (Lipinski definition) is 1. The van der Waals surface area contributed by atoms with E-state index in [2.05, 4.69) is 52.3 Å². The second kappa shape index (κ2) is 7.20. The van der Waals surface area contributed by atoms with Crippen molar-refractivity contribution in [1.82, 2.24) is 15.1 Å². The third-order valence-corrected chi connectivity index (χ3v) is 4.31. The smallest absolute Gasteiger partial charge is 0.236 e. The number of nitrogens with zero attached hydrogens (tertiary/aromatic N) is 2. The molecule has 1 N–H and O–H groups in total. The number of halogens is 1. The second-order valence-electron chi connectivity index (χ2n) is 5.34. The minimum Gasteiger partial charge on any atom is -0.339 e. The van der Waals surface area contributed by atoms with Crippen LogP contribution in [0.2, 0.25) is 0 Å². The first-order chi connectivity index (χ1) is 9.56. The lowest BCUT2D eigenvalue weighted by Crippen LogP contribution is -2.49. The van der Waals surface area contributed by atoms with E-state index >= 15 is 0 Å². The topological polar surface area (TPSA) is 35.6 Å². The predicted octanol–water partition coefficient (Wildman–Crippen LogP) is 1.87. The molecular formula is C15H22BrN3O. The van der Waals surface area contributed by atoms with Crippen LogP contribution in [0.15, 0.2) is 28.7 Å². The van der Waals surface area contributed by atoms with Gasteiger partial charge in [-0.25, -0.2) is 0 Å². The van der Waals surface area contributed by atoms with Gasteiger partial charge in [-0.1, -0.05) is 28.1 Å². The maximum absolute atomic E-state index is 12.1. The van der Waals surface area contributed by atoms with Gasteiger partial charge in [0.05, 0.1) is 6.54 Å². The molecule has 0 unspecified atom stereocenters. The van der Waals surface area contributed by atoms with E-state index < -0.39 is 0 Å². The second-order valence-corrected chi connectivity index (χ2v) is 6.25. The number of carbonyl (C=O) groups is 1. The maximum atomic E-state index is 12.1. The van der Waals surface area contributed by atoms with Crippen LogP contribution in [0.25, 0.3) is 0 Å². The minimum absolute atomic E-state index is 0.180. The molecule has 1 aromatic rings. The number of hydrogen-bond acceptors (Lipinski definition) is 3.